The van der Waals surface area contributed by atoms with Crippen molar-refractivity contribution < 1.29 is 12.6 Å². The number of fused-ring (bicyclic) bond motifs is 7. The second kappa shape index (κ2) is 11.8. The Labute approximate surface area is 315 Å². The van der Waals surface area contributed by atoms with Crippen LogP contribution in [0, 0.1) is 0 Å². The van der Waals surface area contributed by atoms with E-state index in [1.165, 1.54) is 0 Å². The predicted molar refractivity (Wildman–Crippen MR) is 225 cm³/mol. The number of furan rings is 1. The van der Waals surface area contributed by atoms with Crippen molar-refractivity contribution in [2.24, 2.45) is 0 Å². The molecule has 246 valence electrons. The molecule has 11 aromatic rings. The average Bonchev–Trinajstić information content (AvgIpc) is 3.65. The van der Waals surface area contributed by atoms with Crippen molar-refractivity contribution in [2.45, 2.75) is 0 Å². The molecule has 0 spiro atoms. The van der Waals surface area contributed by atoms with E-state index in [-0.39, 0.29) is 46.5 Å². The second-order valence-corrected chi connectivity index (χ2v) is 13.5. The molecule has 11 rings (SSSR count). The topological polar surface area (TPSA) is 13.1 Å². The highest BCUT2D eigenvalue weighted by atomic mass is 16.3. The lowest BCUT2D eigenvalue weighted by molar-refractivity contribution is 0.669. The summed E-state index contributed by atoms with van der Waals surface area (Å²) in [7, 11) is 0. The summed E-state index contributed by atoms with van der Waals surface area (Å²) >= 11 is 0. The molecule has 0 atom stereocenters. The van der Waals surface area contributed by atoms with Gasteiger partial charge in [-0.05, 0) is 118 Å². The van der Waals surface area contributed by atoms with Crippen molar-refractivity contribution in [3.63, 3.8) is 0 Å². The standard InChI is InChI=1S/C52H32O/c1-2-13-34(14-3-1)51-42-18-8-10-20-44(42)52(45-21-11-9-19-43(45)51)46-27-26-39(40-16-6-7-17-41(40)46)38-25-29-50-48(32-38)47-31-37(24-28-49(47)53-50)36-23-22-33-12-4-5-15-35(33)30-36/h1-32H/i6D,7D,16D,17D,26D,27D. The maximum absolute atomic E-state index is 9.85. The lowest BCUT2D eigenvalue weighted by Crippen LogP contribution is -1.92. The van der Waals surface area contributed by atoms with E-state index < -0.39 is 6.04 Å². The minimum Gasteiger partial charge on any atom is -0.456 e. The molecule has 10 aromatic carbocycles. The van der Waals surface area contributed by atoms with Crippen molar-refractivity contribution in [3.8, 4) is 44.5 Å². The van der Waals surface area contributed by atoms with E-state index in [1.54, 1.807) is 0 Å². The molecule has 1 aromatic heterocycles. The van der Waals surface area contributed by atoms with Gasteiger partial charge in [0, 0.05) is 10.8 Å². The first-order chi connectivity index (χ1) is 28.8. The Balaban J connectivity index is 1.21. The maximum atomic E-state index is 9.85. The molecule has 0 amide bonds. The van der Waals surface area contributed by atoms with Gasteiger partial charge >= 0.3 is 0 Å². The summed E-state index contributed by atoms with van der Waals surface area (Å²) in [5, 5.41) is 7.95. The molecule has 1 heterocycles. The summed E-state index contributed by atoms with van der Waals surface area (Å²) in [5.41, 5.74) is 7.31. The van der Waals surface area contributed by atoms with Crippen LogP contribution in [0.1, 0.15) is 8.22 Å². The number of hydrogen-bond donors (Lipinski definition) is 0. The summed E-state index contributed by atoms with van der Waals surface area (Å²) in [6, 6.07) is 51.0. The molecule has 0 bridgehead atoms. The van der Waals surface area contributed by atoms with Gasteiger partial charge in [-0.15, -0.1) is 0 Å². The molecule has 0 aliphatic carbocycles. The molecule has 53 heavy (non-hydrogen) atoms. The van der Waals surface area contributed by atoms with E-state index in [0.717, 1.165) is 65.3 Å². The van der Waals surface area contributed by atoms with Gasteiger partial charge in [-0.3, -0.25) is 0 Å². The Morgan fingerprint density at radius 3 is 1.53 bits per heavy atom. The molecule has 0 saturated carbocycles. The third kappa shape index (κ3) is 4.71. The lowest BCUT2D eigenvalue weighted by atomic mass is 9.84. The van der Waals surface area contributed by atoms with Crippen LogP contribution in [0.3, 0.4) is 0 Å². The lowest BCUT2D eigenvalue weighted by Gasteiger charge is -2.19. The molecular weight excluding hydrogens is 641 g/mol. The Bertz CT molecular complexity index is 3510. The van der Waals surface area contributed by atoms with E-state index in [9.17, 15) is 5.48 Å². The molecular formula is C52H32O. The van der Waals surface area contributed by atoms with E-state index in [0.29, 0.717) is 27.9 Å². The summed E-state index contributed by atoms with van der Waals surface area (Å²) in [6.07, 6.45) is 0. The number of hydrogen-bond acceptors (Lipinski definition) is 1. The first-order valence-electron chi connectivity index (χ1n) is 20.8. The van der Waals surface area contributed by atoms with Gasteiger partial charge in [0.15, 0.2) is 0 Å². The monoisotopic (exact) mass is 678 g/mol. The first kappa shape index (κ1) is 24.3. The number of rotatable bonds is 4. The molecule has 0 fully saturated rings. The molecule has 0 saturated heterocycles. The van der Waals surface area contributed by atoms with Crippen LogP contribution < -0.4 is 0 Å². The van der Waals surface area contributed by atoms with Crippen LogP contribution in [0.15, 0.2) is 198 Å². The number of benzene rings is 10. The van der Waals surface area contributed by atoms with Crippen LogP contribution >= 0.6 is 0 Å². The van der Waals surface area contributed by atoms with Crippen molar-refractivity contribution in [1.29, 1.82) is 0 Å². The Hall–Kier alpha value is -6.96. The van der Waals surface area contributed by atoms with E-state index >= 15 is 0 Å². The van der Waals surface area contributed by atoms with Crippen molar-refractivity contribution in [2.75, 3.05) is 0 Å². The minimum atomic E-state index is -0.393. The third-order valence-electron chi connectivity index (χ3n) is 10.6. The Kier molecular flexibility index (Phi) is 5.40. The highest BCUT2D eigenvalue weighted by Gasteiger charge is 2.19. The normalized spacial score (nSPS) is 13.4. The van der Waals surface area contributed by atoms with Crippen LogP contribution in [-0.4, -0.2) is 0 Å². The van der Waals surface area contributed by atoms with Gasteiger partial charge in [-0.2, -0.15) is 0 Å². The van der Waals surface area contributed by atoms with E-state index in [4.69, 9.17) is 7.16 Å². The van der Waals surface area contributed by atoms with Crippen LogP contribution in [0.4, 0.5) is 0 Å². The summed E-state index contributed by atoms with van der Waals surface area (Å²) in [6.45, 7) is 0. The maximum Gasteiger partial charge on any atom is 0.135 e. The largest absolute Gasteiger partial charge is 0.456 e. The zero-order valence-electron chi connectivity index (χ0n) is 34.4. The second-order valence-electron chi connectivity index (χ2n) is 13.5. The molecule has 1 nitrogen and oxygen atoms in total. The summed E-state index contributed by atoms with van der Waals surface area (Å²) < 4.78 is 62.6. The molecule has 0 aliphatic rings. The third-order valence-corrected chi connectivity index (χ3v) is 10.6. The molecule has 0 aliphatic heterocycles. The quantitative estimate of drug-likeness (QED) is 0.169. The van der Waals surface area contributed by atoms with Gasteiger partial charge in [0.1, 0.15) is 11.2 Å². The minimum absolute atomic E-state index is 0.115. The van der Waals surface area contributed by atoms with Gasteiger partial charge in [-0.1, -0.05) is 164 Å². The van der Waals surface area contributed by atoms with Crippen LogP contribution in [0.2, 0.25) is 0 Å². The van der Waals surface area contributed by atoms with Gasteiger partial charge in [0.05, 0.1) is 8.22 Å². The Morgan fingerprint density at radius 1 is 0.321 bits per heavy atom. The van der Waals surface area contributed by atoms with Gasteiger partial charge in [-0.25, -0.2) is 0 Å². The fraction of sp³-hybridized carbons (Fsp3) is 0. The van der Waals surface area contributed by atoms with Gasteiger partial charge in [0.2, 0.25) is 0 Å². The Morgan fingerprint density at radius 2 is 0.830 bits per heavy atom. The van der Waals surface area contributed by atoms with Crippen LogP contribution in [0.5, 0.6) is 0 Å². The van der Waals surface area contributed by atoms with Crippen molar-refractivity contribution in [3.05, 3.63) is 194 Å². The SMILES string of the molecule is [2H]c1c([2H])c([2H])c2c(-c3c4ccccc4c(-c4ccccc4)c4ccccc34)c([2H])c([2H])c(-c3ccc4oc5ccc(-c6ccc7ccccc7c6)cc5c4c3)c2c1[2H]. The fourth-order valence-corrected chi connectivity index (χ4v) is 8.14. The fourth-order valence-electron chi connectivity index (χ4n) is 8.14. The van der Waals surface area contributed by atoms with Crippen LogP contribution in [-0.2, 0) is 0 Å². The van der Waals surface area contributed by atoms with E-state index in [1.807, 2.05) is 97.1 Å². The highest BCUT2D eigenvalue weighted by molar-refractivity contribution is 6.24. The molecule has 0 radical (unpaired) electrons. The average molecular weight is 679 g/mol. The van der Waals surface area contributed by atoms with Gasteiger partial charge in [0.25, 0.3) is 0 Å². The smallest absolute Gasteiger partial charge is 0.135 e. The first-order valence-corrected chi connectivity index (χ1v) is 17.8. The predicted octanol–water partition coefficient (Wildman–Crippen LogP) is 14.9. The molecule has 1 heteroatoms. The van der Waals surface area contributed by atoms with E-state index in [2.05, 4.69) is 60.7 Å². The summed E-state index contributed by atoms with van der Waals surface area (Å²) in [4.78, 5) is 0. The van der Waals surface area contributed by atoms with Crippen molar-refractivity contribution in [1.82, 2.24) is 0 Å². The molecule has 0 unspecified atom stereocenters. The highest BCUT2D eigenvalue weighted by Crippen LogP contribution is 2.46. The van der Waals surface area contributed by atoms with Gasteiger partial charge < -0.3 is 4.42 Å². The van der Waals surface area contributed by atoms with Crippen LogP contribution in [0.25, 0.3) is 110 Å². The summed E-state index contributed by atoms with van der Waals surface area (Å²) in [5.74, 6) is 0. The van der Waals surface area contributed by atoms with Crippen molar-refractivity contribution >= 4 is 65.0 Å². The molecule has 0 N–H and O–H groups in total. The zero-order valence-corrected chi connectivity index (χ0v) is 28.4. The zero-order chi connectivity index (χ0) is 40.1.